The minimum atomic E-state index is 0.428. The number of hydrogen-bond acceptors (Lipinski definition) is 3. The molecule has 0 bridgehead atoms. The van der Waals surface area contributed by atoms with Gasteiger partial charge in [0.05, 0.1) is 12.2 Å². The molecule has 1 fully saturated rings. The normalized spacial score (nSPS) is 17.8. The Labute approximate surface area is 64.2 Å². The van der Waals surface area contributed by atoms with Gasteiger partial charge < -0.3 is 0 Å². The third kappa shape index (κ3) is 0.943. The number of aldehydes is 1. The number of aromatic nitrogens is 3. The molecule has 0 aliphatic heterocycles. The molecule has 1 aliphatic rings. The summed E-state index contributed by atoms with van der Waals surface area (Å²) >= 11 is 0. The molecular weight excluding hydrogens is 142 g/mol. The lowest BCUT2D eigenvalue weighted by molar-refractivity contribution is 0.110. The highest BCUT2D eigenvalue weighted by atomic mass is 16.1. The van der Waals surface area contributed by atoms with Crippen LogP contribution in [0, 0.1) is 0 Å². The van der Waals surface area contributed by atoms with Gasteiger partial charge in [-0.3, -0.25) is 4.79 Å². The van der Waals surface area contributed by atoms with Crippen LogP contribution in [0.5, 0.6) is 0 Å². The highest BCUT2D eigenvalue weighted by Crippen LogP contribution is 2.30. The van der Waals surface area contributed by atoms with Crippen LogP contribution in [-0.4, -0.2) is 21.3 Å². The van der Waals surface area contributed by atoms with E-state index in [1.807, 2.05) is 0 Å². The molecule has 1 aliphatic carbocycles. The van der Waals surface area contributed by atoms with E-state index < -0.39 is 0 Å². The Morgan fingerprint density at radius 3 is 3.00 bits per heavy atom. The van der Waals surface area contributed by atoms with Crippen molar-refractivity contribution in [2.24, 2.45) is 0 Å². The largest absolute Gasteiger partial charge is 0.296 e. The molecule has 0 radical (unpaired) electrons. The SMILES string of the molecule is O=Cc1cnnn1C1CCC1. The zero-order chi connectivity index (χ0) is 7.68. The summed E-state index contributed by atoms with van der Waals surface area (Å²) in [4.78, 5) is 10.4. The predicted octanol–water partition coefficient (Wildman–Crippen LogP) is 0.816. The smallest absolute Gasteiger partial charge is 0.169 e. The highest BCUT2D eigenvalue weighted by Gasteiger charge is 2.22. The van der Waals surface area contributed by atoms with E-state index in [2.05, 4.69) is 10.3 Å². The topological polar surface area (TPSA) is 47.8 Å². The van der Waals surface area contributed by atoms with Gasteiger partial charge in [-0.1, -0.05) is 5.21 Å². The fourth-order valence-electron chi connectivity index (χ4n) is 1.25. The summed E-state index contributed by atoms with van der Waals surface area (Å²) in [5, 5.41) is 7.52. The summed E-state index contributed by atoms with van der Waals surface area (Å²) in [7, 11) is 0. The zero-order valence-electron chi connectivity index (χ0n) is 6.10. The second-order valence-electron chi connectivity index (χ2n) is 2.81. The fraction of sp³-hybridized carbons (Fsp3) is 0.571. The lowest BCUT2D eigenvalue weighted by Crippen LogP contribution is -2.20. The Morgan fingerprint density at radius 1 is 1.64 bits per heavy atom. The van der Waals surface area contributed by atoms with Crippen LogP contribution < -0.4 is 0 Å². The van der Waals surface area contributed by atoms with E-state index in [0.717, 1.165) is 19.1 Å². The highest BCUT2D eigenvalue weighted by molar-refractivity contribution is 5.71. The monoisotopic (exact) mass is 151 g/mol. The van der Waals surface area contributed by atoms with Crippen LogP contribution in [0.15, 0.2) is 6.20 Å². The first-order valence-electron chi connectivity index (χ1n) is 3.77. The summed E-state index contributed by atoms with van der Waals surface area (Å²) in [5.74, 6) is 0. The van der Waals surface area contributed by atoms with E-state index >= 15 is 0 Å². The van der Waals surface area contributed by atoms with Gasteiger partial charge in [-0.05, 0) is 19.3 Å². The lowest BCUT2D eigenvalue weighted by Gasteiger charge is -2.25. The van der Waals surface area contributed by atoms with E-state index in [1.165, 1.54) is 12.6 Å². The lowest BCUT2D eigenvalue weighted by atomic mass is 9.93. The van der Waals surface area contributed by atoms with Crippen LogP contribution in [-0.2, 0) is 0 Å². The molecule has 0 unspecified atom stereocenters. The number of nitrogens with zero attached hydrogens (tertiary/aromatic N) is 3. The van der Waals surface area contributed by atoms with Gasteiger partial charge in [-0.25, -0.2) is 4.68 Å². The molecule has 0 N–H and O–H groups in total. The molecule has 0 amide bonds. The summed E-state index contributed by atoms with van der Waals surface area (Å²) in [5.41, 5.74) is 0.592. The Morgan fingerprint density at radius 2 is 2.45 bits per heavy atom. The van der Waals surface area contributed by atoms with Crippen molar-refractivity contribution in [3.63, 3.8) is 0 Å². The third-order valence-corrected chi connectivity index (χ3v) is 2.14. The van der Waals surface area contributed by atoms with Gasteiger partial charge in [0.25, 0.3) is 0 Å². The van der Waals surface area contributed by atoms with E-state index in [0.29, 0.717) is 11.7 Å². The van der Waals surface area contributed by atoms with Crippen molar-refractivity contribution in [1.29, 1.82) is 0 Å². The van der Waals surface area contributed by atoms with Gasteiger partial charge in [0.2, 0.25) is 0 Å². The summed E-state index contributed by atoms with van der Waals surface area (Å²) in [6.07, 6.45) is 5.81. The Kier molecular flexibility index (Phi) is 1.45. The molecule has 58 valence electrons. The van der Waals surface area contributed by atoms with Gasteiger partial charge >= 0.3 is 0 Å². The quantitative estimate of drug-likeness (QED) is 0.588. The second kappa shape index (κ2) is 2.45. The van der Waals surface area contributed by atoms with Gasteiger partial charge in [0.15, 0.2) is 6.29 Å². The maximum atomic E-state index is 10.4. The molecule has 0 spiro atoms. The van der Waals surface area contributed by atoms with E-state index in [4.69, 9.17) is 0 Å². The molecule has 1 saturated carbocycles. The maximum absolute atomic E-state index is 10.4. The molecule has 0 atom stereocenters. The summed E-state index contributed by atoms with van der Waals surface area (Å²) in [6.45, 7) is 0. The van der Waals surface area contributed by atoms with Gasteiger partial charge in [0, 0.05) is 0 Å². The van der Waals surface area contributed by atoms with Gasteiger partial charge in [-0.15, -0.1) is 5.10 Å². The van der Waals surface area contributed by atoms with Crippen molar-refractivity contribution in [2.75, 3.05) is 0 Å². The number of carbonyl (C=O) groups is 1. The minimum Gasteiger partial charge on any atom is -0.296 e. The van der Waals surface area contributed by atoms with Gasteiger partial charge in [-0.2, -0.15) is 0 Å². The number of hydrogen-bond donors (Lipinski definition) is 0. The summed E-state index contributed by atoms with van der Waals surface area (Å²) < 4.78 is 1.72. The molecule has 11 heavy (non-hydrogen) atoms. The predicted molar refractivity (Wildman–Crippen MR) is 38.3 cm³/mol. The molecule has 1 aromatic rings. The van der Waals surface area contributed by atoms with Crippen molar-refractivity contribution in [3.8, 4) is 0 Å². The molecule has 4 nitrogen and oxygen atoms in total. The van der Waals surface area contributed by atoms with Crippen molar-refractivity contribution < 1.29 is 4.79 Å². The maximum Gasteiger partial charge on any atom is 0.169 e. The number of carbonyl (C=O) groups excluding carboxylic acids is 1. The van der Waals surface area contributed by atoms with Crippen LogP contribution in [0.3, 0.4) is 0 Å². The molecule has 4 heteroatoms. The Bertz CT molecular complexity index is 264. The first-order chi connectivity index (χ1) is 5.42. The Hall–Kier alpha value is -1.19. The first-order valence-corrected chi connectivity index (χ1v) is 3.77. The first kappa shape index (κ1) is 6.52. The number of rotatable bonds is 2. The zero-order valence-corrected chi connectivity index (χ0v) is 6.10. The van der Waals surface area contributed by atoms with E-state index in [1.54, 1.807) is 4.68 Å². The second-order valence-corrected chi connectivity index (χ2v) is 2.81. The van der Waals surface area contributed by atoms with Crippen LogP contribution >= 0.6 is 0 Å². The van der Waals surface area contributed by atoms with Crippen molar-refractivity contribution >= 4 is 6.29 Å². The average Bonchev–Trinajstić information content (AvgIpc) is 2.32. The molecule has 1 heterocycles. The van der Waals surface area contributed by atoms with Crippen LogP contribution in [0.2, 0.25) is 0 Å². The molecular formula is C7H9N3O. The van der Waals surface area contributed by atoms with Crippen molar-refractivity contribution in [3.05, 3.63) is 11.9 Å². The molecule has 0 aromatic carbocycles. The molecule has 1 aromatic heterocycles. The molecule has 2 rings (SSSR count). The van der Waals surface area contributed by atoms with Crippen LogP contribution in [0.25, 0.3) is 0 Å². The van der Waals surface area contributed by atoms with E-state index in [9.17, 15) is 4.79 Å². The third-order valence-electron chi connectivity index (χ3n) is 2.14. The minimum absolute atomic E-state index is 0.428. The Balaban J connectivity index is 2.27. The van der Waals surface area contributed by atoms with Crippen LogP contribution in [0.1, 0.15) is 35.8 Å². The average molecular weight is 151 g/mol. The standard InChI is InChI=1S/C7H9N3O/c11-5-7-4-8-9-10(7)6-2-1-3-6/h4-6H,1-3H2. The van der Waals surface area contributed by atoms with Crippen LogP contribution in [0.4, 0.5) is 0 Å². The fourth-order valence-corrected chi connectivity index (χ4v) is 1.25. The van der Waals surface area contributed by atoms with Crippen molar-refractivity contribution in [1.82, 2.24) is 15.0 Å². The van der Waals surface area contributed by atoms with Crippen molar-refractivity contribution in [2.45, 2.75) is 25.3 Å². The van der Waals surface area contributed by atoms with Gasteiger partial charge in [0.1, 0.15) is 5.69 Å². The summed E-state index contributed by atoms with van der Waals surface area (Å²) in [6, 6.07) is 0.428. The molecule has 0 saturated heterocycles. The van der Waals surface area contributed by atoms with E-state index in [-0.39, 0.29) is 0 Å².